The van der Waals surface area contributed by atoms with E-state index in [9.17, 15) is 26.4 Å². The van der Waals surface area contributed by atoms with Crippen LogP contribution >= 0.6 is 0 Å². The Bertz CT molecular complexity index is 1660. The van der Waals surface area contributed by atoms with Crippen LogP contribution in [0.1, 0.15) is 59.5 Å². The lowest BCUT2D eigenvalue weighted by Crippen LogP contribution is -2.29. The summed E-state index contributed by atoms with van der Waals surface area (Å²) in [4.78, 5) is 43.3. The van der Waals surface area contributed by atoms with Gasteiger partial charge in [0, 0.05) is 0 Å². The van der Waals surface area contributed by atoms with Crippen LogP contribution in [0.15, 0.2) is 121 Å². The molecule has 0 atom stereocenters. The van der Waals surface area contributed by atoms with Crippen molar-refractivity contribution >= 4 is 32.7 Å². The molecule has 50 heavy (non-hydrogen) atoms. The zero-order valence-electron chi connectivity index (χ0n) is 27.6. The molecule has 0 aliphatic rings. The zero-order valence-corrected chi connectivity index (χ0v) is 29.2. The van der Waals surface area contributed by atoms with Gasteiger partial charge in [0.25, 0.3) is 0 Å². The van der Waals surface area contributed by atoms with Crippen molar-refractivity contribution in [3.63, 3.8) is 0 Å². The first-order valence-corrected chi connectivity index (χ1v) is 16.5. The van der Waals surface area contributed by atoms with E-state index in [0.29, 0.717) is 11.1 Å². The molecule has 4 aromatic rings. The molecule has 4 rings (SSSR count). The zero-order chi connectivity index (χ0) is 35.8. The van der Waals surface area contributed by atoms with Gasteiger partial charge in [-0.25, -0.2) is 29.1 Å². The highest BCUT2D eigenvalue weighted by Gasteiger charge is 2.29. The Morgan fingerprint density at radius 1 is 0.480 bits per heavy atom. The lowest BCUT2D eigenvalue weighted by Gasteiger charge is -2.31. The standard InChI is InChI=1S/C18H22O2.C14H10O4.2H3N.H2O8S2/c1-17(2,15-11-7-5-8-12-15)19-20-18(3,4)16-13-9-6-10-14-16;15-13(11-7-3-1-4-8-11)17-18-14(16)12-9-5-2-6-10-12;;;1-9(2,3)7-8-10(4,5)6/h5-14H,1-4H3;1-10H;2*1H3;(H,1,2,3)(H,4,5,6). The van der Waals surface area contributed by atoms with Crippen molar-refractivity contribution < 1.29 is 63.7 Å². The first kappa shape index (κ1) is 45.4. The van der Waals surface area contributed by atoms with Crippen molar-refractivity contribution in [3.05, 3.63) is 144 Å². The predicted molar refractivity (Wildman–Crippen MR) is 180 cm³/mol. The molecule has 274 valence electrons. The molecule has 0 fully saturated rings. The van der Waals surface area contributed by atoms with Crippen LogP contribution in [0, 0.1) is 0 Å². The van der Waals surface area contributed by atoms with E-state index in [0.717, 1.165) is 11.1 Å². The summed E-state index contributed by atoms with van der Waals surface area (Å²) in [7, 11) is -10.0. The third kappa shape index (κ3) is 17.7. The topological polar surface area (TPSA) is 268 Å². The minimum atomic E-state index is -5.02. The third-order valence-electron chi connectivity index (χ3n) is 5.81. The summed E-state index contributed by atoms with van der Waals surface area (Å²) in [6.07, 6.45) is 0. The molecule has 0 bridgehead atoms. The molecule has 16 nitrogen and oxygen atoms in total. The summed E-state index contributed by atoms with van der Waals surface area (Å²) in [5.41, 5.74) is 1.82. The minimum Gasteiger partial charge on any atom is -0.344 e. The molecular formula is C32H40N2O14S2. The van der Waals surface area contributed by atoms with E-state index >= 15 is 0 Å². The molecule has 0 saturated heterocycles. The molecule has 4 aromatic carbocycles. The normalized spacial score (nSPS) is 11.1. The van der Waals surface area contributed by atoms with Crippen molar-refractivity contribution in [2.45, 2.75) is 38.9 Å². The molecule has 0 radical (unpaired) electrons. The van der Waals surface area contributed by atoms with Crippen LogP contribution in [0.2, 0.25) is 0 Å². The minimum absolute atomic E-state index is 0. The molecule has 0 aliphatic carbocycles. The van der Waals surface area contributed by atoms with E-state index in [1.54, 1.807) is 60.7 Å². The molecule has 0 aliphatic heterocycles. The Morgan fingerprint density at radius 2 is 0.720 bits per heavy atom. The number of benzene rings is 4. The monoisotopic (exact) mass is 740 g/mol. The van der Waals surface area contributed by atoms with Gasteiger partial charge in [0.15, 0.2) is 0 Å². The Morgan fingerprint density at radius 3 is 0.960 bits per heavy atom. The molecule has 18 heteroatoms. The highest BCUT2D eigenvalue weighted by atomic mass is 32.3. The maximum Gasteiger partial charge on any atom is 0.425 e. The van der Waals surface area contributed by atoms with Crippen LogP contribution in [-0.4, -0.2) is 37.9 Å². The van der Waals surface area contributed by atoms with Gasteiger partial charge < -0.3 is 12.3 Å². The lowest BCUT2D eigenvalue weighted by atomic mass is 9.98. The molecule has 0 unspecified atom stereocenters. The summed E-state index contributed by atoms with van der Waals surface area (Å²) in [6, 6.07) is 36.7. The second-order valence-electron chi connectivity index (χ2n) is 10.4. The van der Waals surface area contributed by atoms with E-state index in [1.807, 2.05) is 88.4 Å². The Hall–Kier alpha value is -4.60. The number of hydrogen-bond donors (Lipinski definition) is 4. The van der Waals surface area contributed by atoms with E-state index in [1.165, 1.54) is 0 Å². The molecule has 0 heterocycles. The van der Waals surface area contributed by atoms with Gasteiger partial charge >= 0.3 is 32.7 Å². The van der Waals surface area contributed by atoms with Gasteiger partial charge in [0.1, 0.15) is 11.2 Å². The molecule has 8 N–H and O–H groups in total. The van der Waals surface area contributed by atoms with Crippen LogP contribution in [0.3, 0.4) is 0 Å². The van der Waals surface area contributed by atoms with Crippen molar-refractivity contribution in [1.29, 1.82) is 0 Å². The largest absolute Gasteiger partial charge is 0.425 e. The van der Waals surface area contributed by atoms with Gasteiger partial charge in [-0.15, -0.1) is 0 Å². The highest BCUT2D eigenvalue weighted by Crippen LogP contribution is 2.31. The van der Waals surface area contributed by atoms with Gasteiger partial charge in [-0.1, -0.05) is 106 Å². The average molecular weight is 741 g/mol. The molecule has 0 aromatic heterocycles. The predicted octanol–water partition coefficient (Wildman–Crippen LogP) is 6.28. The van der Waals surface area contributed by atoms with Gasteiger partial charge in [0.2, 0.25) is 0 Å². The van der Waals surface area contributed by atoms with E-state index < -0.39 is 43.9 Å². The quantitative estimate of drug-likeness (QED) is 0.0790. The molecule has 0 amide bonds. The van der Waals surface area contributed by atoms with Crippen LogP contribution in [0.25, 0.3) is 0 Å². The number of carbonyl (C=O) groups is 2. The van der Waals surface area contributed by atoms with Gasteiger partial charge in [-0.2, -0.15) is 16.8 Å². The summed E-state index contributed by atoms with van der Waals surface area (Å²) in [5, 5.41) is 0. The summed E-state index contributed by atoms with van der Waals surface area (Å²) in [6.45, 7) is 8.01. The van der Waals surface area contributed by atoms with Gasteiger partial charge in [0.05, 0.1) is 11.1 Å². The van der Waals surface area contributed by atoms with E-state index in [4.69, 9.17) is 18.9 Å². The second-order valence-corrected chi connectivity index (χ2v) is 12.4. The Kier molecular flexibility index (Phi) is 18.9. The summed E-state index contributed by atoms with van der Waals surface area (Å²) in [5.74, 6) is -1.42. The van der Waals surface area contributed by atoms with Crippen LogP contribution in [0.4, 0.5) is 0 Å². The highest BCUT2D eigenvalue weighted by molar-refractivity contribution is 7.83. The van der Waals surface area contributed by atoms with Crippen molar-refractivity contribution in [3.8, 4) is 0 Å². The third-order valence-corrected chi connectivity index (χ3v) is 6.37. The fourth-order valence-corrected chi connectivity index (χ4v) is 3.94. The number of rotatable bonds is 10. The van der Waals surface area contributed by atoms with Gasteiger partial charge in [-0.3, -0.25) is 9.11 Å². The fourth-order valence-electron chi connectivity index (χ4n) is 3.37. The molecular weight excluding hydrogens is 700 g/mol. The summed E-state index contributed by atoms with van der Waals surface area (Å²) < 4.78 is 58.9. The van der Waals surface area contributed by atoms with E-state index in [-0.39, 0.29) is 12.3 Å². The average Bonchev–Trinajstić information content (AvgIpc) is 3.07. The lowest BCUT2D eigenvalue weighted by molar-refractivity contribution is -0.410. The van der Waals surface area contributed by atoms with Crippen LogP contribution in [-0.2, 0) is 60.2 Å². The van der Waals surface area contributed by atoms with Crippen molar-refractivity contribution in [2.75, 3.05) is 0 Å². The smallest absolute Gasteiger partial charge is 0.344 e. The van der Waals surface area contributed by atoms with Gasteiger partial charge in [-0.05, 0) is 63.1 Å². The SMILES string of the molecule is CC(C)(OOC(C)(C)c1ccccc1)c1ccccc1.N.N.O=C(OOC(=O)c1ccccc1)c1ccccc1.O=S(=O)(O)OOS(=O)(=O)O. The second kappa shape index (κ2) is 20.8. The van der Waals surface area contributed by atoms with Crippen molar-refractivity contribution in [2.24, 2.45) is 0 Å². The maximum absolute atomic E-state index is 11.5. The summed E-state index contributed by atoms with van der Waals surface area (Å²) >= 11 is 0. The first-order chi connectivity index (χ1) is 22.4. The molecule has 0 spiro atoms. The number of carbonyl (C=O) groups excluding carboxylic acids is 2. The first-order valence-electron chi connectivity index (χ1n) is 13.7. The van der Waals surface area contributed by atoms with Crippen molar-refractivity contribution in [1.82, 2.24) is 12.3 Å². The molecule has 0 saturated carbocycles. The van der Waals surface area contributed by atoms with Crippen LogP contribution < -0.4 is 12.3 Å². The Labute approximate surface area is 290 Å². The Balaban J connectivity index is 0.000000744. The van der Waals surface area contributed by atoms with E-state index in [2.05, 4.69) is 18.4 Å². The number of hydrogen-bond acceptors (Lipinski definition) is 14. The maximum atomic E-state index is 11.5. The van der Waals surface area contributed by atoms with Crippen LogP contribution in [0.5, 0.6) is 0 Å². The fraction of sp³-hybridized carbons (Fsp3) is 0.188.